The molecule has 2 aromatic carbocycles. The van der Waals surface area contributed by atoms with Gasteiger partial charge in [-0.1, -0.05) is 35.1 Å². The number of fused-ring (bicyclic) bond motifs is 1. The minimum absolute atomic E-state index is 0.557. The van der Waals surface area contributed by atoms with E-state index < -0.39 is 0 Å². The lowest BCUT2D eigenvalue weighted by molar-refractivity contribution is 0.298. The molecular weight excluding hydrogens is 392 g/mol. The molecule has 0 amide bonds. The number of aromatic nitrogens is 2. The van der Waals surface area contributed by atoms with Crippen LogP contribution >= 0.6 is 22.9 Å². The number of hydrogen-bond donors (Lipinski definition) is 1. The van der Waals surface area contributed by atoms with Gasteiger partial charge in [0.25, 0.3) is 0 Å². The Kier molecular flexibility index (Phi) is 5.60. The van der Waals surface area contributed by atoms with Crippen LogP contribution in [0.4, 0.5) is 5.13 Å². The van der Waals surface area contributed by atoms with Crippen molar-refractivity contribution in [2.45, 2.75) is 13.5 Å². The quantitative estimate of drug-likeness (QED) is 0.319. The zero-order chi connectivity index (χ0) is 19.3. The molecule has 0 spiro atoms. The number of para-hydroxylation sites is 1. The van der Waals surface area contributed by atoms with Crippen molar-refractivity contribution >= 4 is 44.5 Å². The van der Waals surface area contributed by atoms with Crippen LogP contribution in [0.2, 0.25) is 5.02 Å². The van der Waals surface area contributed by atoms with Crippen molar-refractivity contribution in [2.75, 3.05) is 12.0 Å². The first-order valence-electron chi connectivity index (χ1n) is 8.88. The molecule has 4 rings (SSSR count). The van der Waals surface area contributed by atoms with Crippen LogP contribution in [0.25, 0.3) is 10.2 Å². The SMILES string of the molecule is Cc1cc(OCCn2cccc2C=NNc2nc3ccccc3s2)ccc1Cl. The molecule has 5 nitrogen and oxygen atoms in total. The Labute approximate surface area is 172 Å². The number of hydrogen-bond acceptors (Lipinski definition) is 5. The highest BCUT2D eigenvalue weighted by atomic mass is 35.5. The van der Waals surface area contributed by atoms with E-state index in [0.29, 0.717) is 6.61 Å². The van der Waals surface area contributed by atoms with E-state index in [1.165, 1.54) is 0 Å². The number of hydrazone groups is 1. The highest BCUT2D eigenvalue weighted by Crippen LogP contribution is 2.25. The molecule has 0 aliphatic heterocycles. The molecule has 0 saturated heterocycles. The lowest BCUT2D eigenvalue weighted by Crippen LogP contribution is -2.10. The molecular formula is C21H19ClN4OS. The van der Waals surface area contributed by atoms with Gasteiger partial charge in [0.1, 0.15) is 12.4 Å². The molecule has 1 N–H and O–H groups in total. The second-order valence-corrected chi connectivity index (χ2v) is 7.68. The van der Waals surface area contributed by atoms with E-state index in [-0.39, 0.29) is 0 Å². The number of rotatable bonds is 7. The van der Waals surface area contributed by atoms with Crippen molar-refractivity contribution in [3.05, 3.63) is 77.1 Å². The summed E-state index contributed by atoms with van der Waals surface area (Å²) >= 11 is 7.63. The summed E-state index contributed by atoms with van der Waals surface area (Å²) in [7, 11) is 0. The van der Waals surface area contributed by atoms with Crippen LogP contribution in [0.3, 0.4) is 0 Å². The molecule has 4 aromatic rings. The fourth-order valence-electron chi connectivity index (χ4n) is 2.79. The summed E-state index contributed by atoms with van der Waals surface area (Å²) in [4.78, 5) is 4.51. The zero-order valence-electron chi connectivity index (χ0n) is 15.3. The van der Waals surface area contributed by atoms with Crippen LogP contribution in [0, 0.1) is 6.92 Å². The van der Waals surface area contributed by atoms with Gasteiger partial charge in [-0.25, -0.2) is 4.98 Å². The smallest absolute Gasteiger partial charge is 0.204 e. The second-order valence-electron chi connectivity index (χ2n) is 6.24. The van der Waals surface area contributed by atoms with Crippen molar-refractivity contribution in [1.82, 2.24) is 9.55 Å². The van der Waals surface area contributed by atoms with Gasteiger partial charge in [0.2, 0.25) is 5.13 Å². The highest BCUT2D eigenvalue weighted by Gasteiger charge is 2.03. The average molecular weight is 411 g/mol. The van der Waals surface area contributed by atoms with E-state index in [0.717, 1.165) is 43.9 Å². The summed E-state index contributed by atoms with van der Waals surface area (Å²) in [5.74, 6) is 0.821. The normalized spacial score (nSPS) is 11.4. The van der Waals surface area contributed by atoms with Gasteiger partial charge in [0.15, 0.2) is 0 Å². The van der Waals surface area contributed by atoms with Gasteiger partial charge in [-0.3, -0.25) is 5.43 Å². The molecule has 0 saturated carbocycles. The second kappa shape index (κ2) is 8.46. The summed E-state index contributed by atoms with van der Waals surface area (Å²) in [5, 5.41) is 5.85. The van der Waals surface area contributed by atoms with E-state index in [9.17, 15) is 0 Å². The number of nitrogens with zero attached hydrogens (tertiary/aromatic N) is 3. The highest BCUT2D eigenvalue weighted by molar-refractivity contribution is 7.22. The minimum Gasteiger partial charge on any atom is -0.492 e. The molecule has 2 aromatic heterocycles. The summed E-state index contributed by atoms with van der Waals surface area (Å²) in [6, 6.07) is 17.7. The lowest BCUT2D eigenvalue weighted by atomic mass is 10.2. The van der Waals surface area contributed by atoms with Gasteiger partial charge >= 0.3 is 0 Å². The van der Waals surface area contributed by atoms with Crippen LogP contribution in [-0.2, 0) is 6.54 Å². The monoisotopic (exact) mass is 410 g/mol. The number of nitrogens with one attached hydrogen (secondary N) is 1. The maximum Gasteiger partial charge on any atom is 0.204 e. The predicted molar refractivity (Wildman–Crippen MR) is 117 cm³/mol. The van der Waals surface area contributed by atoms with Crippen LogP contribution in [0.5, 0.6) is 5.75 Å². The van der Waals surface area contributed by atoms with Gasteiger partial charge < -0.3 is 9.30 Å². The van der Waals surface area contributed by atoms with Gasteiger partial charge in [0.05, 0.1) is 28.7 Å². The maximum absolute atomic E-state index is 6.05. The lowest BCUT2D eigenvalue weighted by Gasteiger charge is -2.10. The third kappa shape index (κ3) is 4.35. The van der Waals surface area contributed by atoms with Crippen molar-refractivity contribution in [3.63, 3.8) is 0 Å². The molecule has 0 bridgehead atoms. The van der Waals surface area contributed by atoms with Crippen molar-refractivity contribution in [1.29, 1.82) is 0 Å². The maximum atomic E-state index is 6.05. The summed E-state index contributed by atoms with van der Waals surface area (Å²) in [6.45, 7) is 3.24. The van der Waals surface area contributed by atoms with Crippen molar-refractivity contribution < 1.29 is 4.74 Å². The number of thiazole rings is 1. The molecule has 0 aliphatic carbocycles. The van der Waals surface area contributed by atoms with E-state index in [1.807, 2.05) is 61.7 Å². The largest absolute Gasteiger partial charge is 0.492 e. The van der Waals surface area contributed by atoms with E-state index in [2.05, 4.69) is 26.1 Å². The van der Waals surface area contributed by atoms with Crippen LogP contribution in [0.1, 0.15) is 11.3 Å². The number of benzene rings is 2. The Bertz CT molecular complexity index is 1090. The minimum atomic E-state index is 0.557. The van der Waals surface area contributed by atoms with Crippen LogP contribution in [-0.4, -0.2) is 22.4 Å². The summed E-state index contributed by atoms with van der Waals surface area (Å²) in [5.41, 5.74) is 5.99. The molecule has 0 atom stereocenters. The van der Waals surface area contributed by atoms with Gasteiger partial charge in [-0.05, 0) is 55.0 Å². The number of aryl methyl sites for hydroxylation is 1. The molecule has 142 valence electrons. The number of ether oxygens (including phenoxy) is 1. The first kappa shape index (κ1) is 18.5. The Balaban J connectivity index is 1.34. The Morgan fingerprint density at radius 3 is 2.96 bits per heavy atom. The molecule has 2 heterocycles. The van der Waals surface area contributed by atoms with Gasteiger partial charge in [-0.15, -0.1) is 0 Å². The van der Waals surface area contributed by atoms with Crippen molar-refractivity contribution in [3.8, 4) is 5.75 Å². The van der Waals surface area contributed by atoms with E-state index >= 15 is 0 Å². The zero-order valence-corrected chi connectivity index (χ0v) is 16.9. The molecule has 0 unspecified atom stereocenters. The Hall–Kier alpha value is -2.83. The summed E-state index contributed by atoms with van der Waals surface area (Å²) < 4.78 is 9.06. The third-order valence-corrected chi connectivity index (χ3v) is 5.61. The third-order valence-electron chi connectivity index (χ3n) is 4.25. The topological polar surface area (TPSA) is 51.4 Å². The van der Waals surface area contributed by atoms with Gasteiger partial charge in [-0.2, -0.15) is 5.10 Å². The fourth-order valence-corrected chi connectivity index (χ4v) is 3.72. The summed E-state index contributed by atoms with van der Waals surface area (Å²) in [6.07, 6.45) is 3.80. The van der Waals surface area contributed by atoms with Crippen LogP contribution in [0.15, 0.2) is 65.9 Å². The van der Waals surface area contributed by atoms with E-state index in [1.54, 1.807) is 17.6 Å². The molecule has 0 fully saturated rings. The average Bonchev–Trinajstić information content (AvgIpc) is 3.31. The standard InChI is InChI=1S/C21H19ClN4OS/c1-15-13-17(8-9-18(15)22)27-12-11-26-10-4-5-16(26)14-23-25-21-24-19-6-2-3-7-20(19)28-21/h2-10,13-14H,11-12H2,1H3,(H,24,25). The van der Waals surface area contributed by atoms with Gasteiger partial charge in [0, 0.05) is 11.2 Å². The fraction of sp³-hybridized carbons (Fsp3) is 0.143. The Morgan fingerprint density at radius 2 is 2.11 bits per heavy atom. The first-order chi connectivity index (χ1) is 13.7. The molecule has 0 aliphatic rings. The molecule has 28 heavy (non-hydrogen) atoms. The number of anilines is 1. The first-order valence-corrected chi connectivity index (χ1v) is 10.1. The van der Waals surface area contributed by atoms with Crippen LogP contribution < -0.4 is 10.2 Å². The van der Waals surface area contributed by atoms with E-state index in [4.69, 9.17) is 16.3 Å². The predicted octanol–water partition coefficient (Wildman–Crippen LogP) is 5.58. The Morgan fingerprint density at radius 1 is 1.21 bits per heavy atom. The van der Waals surface area contributed by atoms with Crippen molar-refractivity contribution in [2.24, 2.45) is 5.10 Å². The number of halogens is 1. The molecule has 7 heteroatoms. The molecule has 0 radical (unpaired) electrons.